The molecule has 0 bridgehead atoms. The van der Waals surface area contributed by atoms with Gasteiger partial charge in [-0.1, -0.05) is 12.1 Å². The molecule has 1 unspecified atom stereocenters. The molecule has 0 aliphatic carbocycles. The summed E-state index contributed by atoms with van der Waals surface area (Å²) in [6.45, 7) is 1.55. The number of hydrogen-bond donors (Lipinski definition) is 1. The zero-order valence-electron chi connectivity index (χ0n) is 8.01. The number of halogens is 3. The Kier molecular flexibility index (Phi) is 3.02. The van der Waals surface area contributed by atoms with E-state index in [-0.39, 0.29) is 0 Å². The lowest BCUT2D eigenvalue weighted by molar-refractivity contribution is -0.137. The molecule has 1 aromatic rings. The monoisotopic (exact) mass is 217 g/mol. The van der Waals surface area contributed by atoms with Gasteiger partial charge in [-0.15, -0.1) is 0 Å². The van der Waals surface area contributed by atoms with E-state index < -0.39 is 23.6 Å². The first-order valence-electron chi connectivity index (χ1n) is 4.29. The summed E-state index contributed by atoms with van der Waals surface area (Å²) in [4.78, 5) is 10.8. The Morgan fingerprint density at radius 1 is 1.27 bits per heavy atom. The first-order chi connectivity index (χ1) is 6.82. The molecule has 0 saturated carbocycles. The van der Waals surface area contributed by atoms with Crippen molar-refractivity contribution < 1.29 is 18.0 Å². The summed E-state index contributed by atoms with van der Waals surface area (Å²) in [6, 6.07) is 4.40. The van der Waals surface area contributed by atoms with Crippen molar-refractivity contribution in [3.05, 3.63) is 35.4 Å². The van der Waals surface area contributed by atoms with E-state index in [1.807, 2.05) is 0 Å². The zero-order chi connectivity index (χ0) is 11.6. The number of hydrogen-bond acceptors (Lipinski definition) is 1. The van der Waals surface area contributed by atoms with Gasteiger partial charge in [-0.3, -0.25) is 4.79 Å². The molecule has 15 heavy (non-hydrogen) atoms. The van der Waals surface area contributed by atoms with E-state index in [1.54, 1.807) is 6.92 Å². The van der Waals surface area contributed by atoms with Gasteiger partial charge in [0.15, 0.2) is 0 Å². The van der Waals surface area contributed by atoms with Crippen molar-refractivity contribution >= 4 is 5.91 Å². The van der Waals surface area contributed by atoms with Gasteiger partial charge in [0.05, 0.1) is 11.5 Å². The molecule has 1 aromatic carbocycles. The molecule has 2 N–H and O–H groups in total. The van der Waals surface area contributed by atoms with Gasteiger partial charge in [0, 0.05) is 0 Å². The van der Waals surface area contributed by atoms with Crippen LogP contribution in [0.5, 0.6) is 0 Å². The Labute approximate surface area is 84.9 Å². The maximum absolute atomic E-state index is 12.2. The van der Waals surface area contributed by atoms with Crippen LogP contribution in [0.2, 0.25) is 0 Å². The Balaban J connectivity index is 2.95. The number of benzene rings is 1. The molecule has 0 radical (unpaired) electrons. The summed E-state index contributed by atoms with van der Waals surface area (Å²) >= 11 is 0. The second-order valence-corrected chi connectivity index (χ2v) is 3.24. The average molecular weight is 217 g/mol. The third-order valence-corrected chi connectivity index (χ3v) is 2.16. The predicted molar refractivity (Wildman–Crippen MR) is 49.1 cm³/mol. The highest BCUT2D eigenvalue weighted by Gasteiger charge is 2.30. The Bertz CT molecular complexity index is 356. The maximum Gasteiger partial charge on any atom is 0.416 e. The van der Waals surface area contributed by atoms with Gasteiger partial charge in [0.25, 0.3) is 0 Å². The molecule has 0 saturated heterocycles. The van der Waals surface area contributed by atoms with Gasteiger partial charge in [-0.2, -0.15) is 13.2 Å². The highest BCUT2D eigenvalue weighted by atomic mass is 19.4. The van der Waals surface area contributed by atoms with Gasteiger partial charge in [0.1, 0.15) is 0 Å². The molecule has 5 heteroatoms. The Morgan fingerprint density at radius 3 is 2.07 bits per heavy atom. The summed E-state index contributed by atoms with van der Waals surface area (Å²) in [5, 5.41) is 0. The molecule has 1 amide bonds. The quantitative estimate of drug-likeness (QED) is 0.811. The normalized spacial score (nSPS) is 13.6. The van der Waals surface area contributed by atoms with Gasteiger partial charge in [0.2, 0.25) is 5.91 Å². The fourth-order valence-corrected chi connectivity index (χ4v) is 1.13. The van der Waals surface area contributed by atoms with Crippen LogP contribution in [0.3, 0.4) is 0 Å². The summed E-state index contributed by atoms with van der Waals surface area (Å²) in [5.41, 5.74) is 4.78. The predicted octanol–water partition coefficient (Wildman–Crippen LogP) is 2.29. The standard InChI is InChI=1S/C10H10F3NO/c1-6(9(14)15)7-2-4-8(5-3-7)10(11,12)13/h2-6H,1H3,(H2,14,15). The topological polar surface area (TPSA) is 43.1 Å². The van der Waals surface area contributed by atoms with Crippen LogP contribution in [-0.2, 0) is 11.0 Å². The molecule has 0 fully saturated rings. The summed E-state index contributed by atoms with van der Waals surface area (Å²) < 4.78 is 36.6. The molecule has 1 atom stereocenters. The van der Waals surface area contributed by atoms with Gasteiger partial charge >= 0.3 is 6.18 Å². The summed E-state index contributed by atoms with van der Waals surface area (Å²) in [6.07, 6.45) is -4.35. The molecule has 82 valence electrons. The molecule has 0 spiro atoms. The van der Waals surface area contributed by atoms with Gasteiger partial charge < -0.3 is 5.73 Å². The molecule has 0 aliphatic heterocycles. The minimum atomic E-state index is -4.35. The number of alkyl halides is 3. The summed E-state index contributed by atoms with van der Waals surface area (Å²) in [5.74, 6) is -1.14. The molecular formula is C10H10F3NO. The number of carbonyl (C=O) groups is 1. The molecule has 1 rings (SSSR count). The minimum Gasteiger partial charge on any atom is -0.369 e. The number of amides is 1. The van der Waals surface area contributed by atoms with Crippen molar-refractivity contribution in [1.82, 2.24) is 0 Å². The van der Waals surface area contributed by atoms with Crippen LogP contribution in [0.25, 0.3) is 0 Å². The van der Waals surface area contributed by atoms with Crippen LogP contribution in [-0.4, -0.2) is 5.91 Å². The second kappa shape index (κ2) is 3.92. The summed E-state index contributed by atoms with van der Waals surface area (Å²) in [7, 11) is 0. The van der Waals surface area contributed by atoms with Crippen molar-refractivity contribution in [3.8, 4) is 0 Å². The van der Waals surface area contributed by atoms with E-state index in [4.69, 9.17) is 5.73 Å². The van der Waals surface area contributed by atoms with Crippen molar-refractivity contribution in [3.63, 3.8) is 0 Å². The highest BCUT2D eigenvalue weighted by molar-refractivity contribution is 5.81. The SMILES string of the molecule is CC(C(N)=O)c1ccc(C(F)(F)F)cc1. The zero-order valence-corrected chi connectivity index (χ0v) is 8.01. The van der Waals surface area contributed by atoms with Crippen LogP contribution < -0.4 is 5.73 Å². The first kappa shape index (κ1) is 11.6. The van der Waals surface area contributed by atoms with Crippen molar-refractivity contribution in [2.75, 3.05) is 0 Å². The van der Waals surface area contributed by atoms with Crippen molar-refractivity contribution in [1.29, 1.82) is 0 Å². The first-order valence-corrected chi connectivity index (χ1v) is 4.29. The number of rotatable bonds is 2. The fourth-order valence-electron chi connectivity index (χ4n) is 1.13. The van der Waals surface area contributed by atoms with Crippen LogP contribution in [0.4, 0.5) is 13.2 Å². The largest absolute Gasteiger partial charge is 0.416 e. The molecule has 0 aliphatic rings. The third-order valence-electron chi connectivity index (χ3n) is 2.16. The number of nitrogens with two attached hydrogens (primary N) is 1. The average Bonchev–Trinajstić information content (AvgIpc) is 2.15. The van der Waals surface area contributed by atoms with Crippen molar-refractivity contribution in [2.45, 2.75) is 19.0 Å². The third kappa shape index (κ3) is 2.71. The highest BCUT2D eigenvalue weighted by Crippen LogP contribution is 2.30. The van der Waals surface area contributed by atoms with E-state index in [0.717, 1.165) is 12.1 Å². The number of primary amides is 1. The lowest BCUT2D eigenvalue weighted by atomic mass is 9.99. The van der Waals surface area contributed by atoms with Crippen molar-refractivity contribution in [2.24, 2.45) is 5.73 Å². The number of carbonyl (C=O) groups excluding carboxylic acids is 1. The molecule has 2 nitrogen and oxygen atoms in total. The van der Waals surface area contributed by atoms with E-state index in [0.29, 0.717) is 5.56 Å². The lowest BCUT2D eigenvalue weighted by Gasteiger charge is -2.10. The second-order valence-electron chi connectivity index (χ2n) is 3.24. The van der Waals surface area contributed by atoms with E-state index in [1.165, 1.54) is 12.1 Å². The maximum atomic E-state index is 12.2. The smallest absolute Gasteiger partial charge is 0.369 e. The van der Waals surface area contributed by atoms with Crippen LogP contribution in [0, 0.1) is 0 Å². The van der Waals surface area contributed by atoms with Crippen LogP contribution in [0.1, 0.15) is 24.0 Å². The lowest BCUT2D eigenvalue weighted by Crippen LogP contribution is -2.18. The Morgan fingerprint density at radius 2 is 1.73 bits per heavy atom. The van der Waals surface area contributed by atoms with Gasteiger partial charge in [-0.25, -0.2) is 0 Å². The van der Waals surface area contributed by atoms with Crippen LogP contribution >= 0.6 is 0 Å². The molecule has 0 aromatic heterocycles. The van der Waals surface area contributed by atoms with Gasteiger partial charge in [-0.05, 0) is 24.6 Å². The van der Waals surface area contributed by atoms with Crippen LogP contribution in [0.15, 0.2) is 24.3 Å². The minimum absolute atomic E-state index is 0.482. The Hall–Kier alpha value is -1.52. The molecular weight excluding hydrogens is 207 g/mol. The van der Waals surface area contributed by atoms with E-state index in [9.17, 15) is 18.0 Å². The fraction of sp³-hybridized carbons (Fsp3) is 0.300. The van der Waals surface area contributed by atoms with E-state index in [2.05, 4.69) is 0 Å². The van der Waals surface area contributed by atoms with E-state index >= 15 is 0 Å². The molecule has 0 heterocycles.